The average molecular weight is 398 g/mol. The second-order valence-corrected chi connectivity index (χ2v) is 7.52. The van der Waals surface area contributed by atoms with Crippen LogP contribution in [0.5, 0.6) is 0 Å². The van der Waals surface area contributed by atoms with Gasteiger partial charge in [0, 0.05) is 24.8 Å². The van der Waals surface area contributed by atoms with E-state index in [0.29, 0.717) is 5.52 Å². The van der Waals surface area contributed by atoms with Gasteiger partial charge in [-0.1, -0.05) is 42.5 Å². The first-order chi connectivity index (χ1) is 15.4. The molecule has 144 valence electrons. The summed E-state index contributed by atoms with van der Waals surface area (Å²) in [4.78, 5) is 23.1. The summed E-state index contributed by atoms with van der Waals surface area (Å²) in [7, 11) is 0. The molecule has 0 saturated carbocycles. The van der Waals surface area contributed by atoms with E-state index >= 15 is 0 Å². The largest absolute Gasteiger partial charge is 0.273 e. The molecule has 0 spiro atoms. The van der Waals surface area contributed by atoms with Gasteiger partial charge in [-0.25, -0.2) is 19.9 Å². The third kappa shape index (κ3) is 2.30. The van der Waals surface area contributed by atoms with Gasteiger partial charge in [0.1, 0.15) is 16.6 Å². The molecule has 0 saturated heterocycles. The van der Waals surface area contributed by atoms with Gasteiger partial charge in [0.15, 0.2) is 11.3 Å². The van der Waals surface area contributed by atoms with Crippen LogP contribution in [0.15, 0.2) is 85.5 Å². The van der Waals surface area contributed by atoms with Gasteiger partial charge in [0.2, 0.25) is 0 Å². The van der Waals surface area contributed by atoms with Crippen LogP contribution in [0.3, 0.4) is 0 Å². The minimum Gasteiger partial charge on any atom is -0.273 e. The molecule has 4 aromatic heterocycles. The van der Waals surface area contributed by atoms with Crippen molar-refractivity contribution in [2.24, 2.45) is 0 Å². The number of hydrogen-bond acceptors (Lipinski definition) is 5. The van der Waals surface area contributed by atoms with Gasteiger partial charge in [0.25, 0.3) is 0 Å². The number of benzene rings is 3. The van der Waals surface area contributed by atoms with Crippen molar-refractivity contribution >= 4 is 49.7 Å². The summed E-state index contributed by atoms with van der Waals surface area (Å²) in [6.07, 6.45) is 6.73. The lowest BCUT2D eigenvalue weighted by Gasteiger charge is -2.06. The van der Waals surface area contributed by atoms with Crippen molar-refractivity contribution in [2.45, 2.75) is 0 Å². The molecular formula is C25H14N6. The normalized spacial score (nSPS) is 11.9. The fraction of sp³-hybridized carbons (Fsp3) is 0. The maximum absolute atomic E-state index is 4.93. The van der Waals surface area contributed by atoms with Gasteiger partial charge in [0.05, 0.1) is 11.0 Å². The van der Waals surface area contributed by atoms with E-state index in [-0.39, 0.29) is 0 Å². The SMILES string of the molecule is c1ccc2cc(-c3ccc4c(c3)nc3c5nccnc5c5nccnc5n43)ccc2c1. The van der Waals surface area contributed by atoms with Gasteiger partial charge in [-0.05, 0) is 40.1 Å². The lowest BCUT2D eigenvalue weighted by Crippen LogP contribution is -1.97. The highest BCUT2D eigenvalue weighted by atomic mass is 15.1. The second kappa shape index (κ2) is 6.03. The number of hydrogen-bond donors (Lipinski definition) is 0. The summed E-state index contributed by atoms with van der Waals surface area (Å²) in [5.74, 6) is 0. The Morgan fingerprint density at radius 2 is 1.23 bits per heavy atom. The maximum Gasteiger partial charge on any atom is 0.167 e. The van der Waals surface area contributed by atoms with Crippen LogP contribution in [-0.4, -0.2) is 29.3 Å². The Morgan fingerprint density at radius 1 is 0.548 bits per heavy atom. The number of aromatic nitrogens is 6. The van der Waals surface area contributed by atoms with Gasteiger partial charge in [-0.3, -0.25) is 9.38 Å². The molecule has 7 aromatic rings. The Balaban J connectivity index is 1.56. The molecule has 0 aliphatic rings. The van der Waals surface area contributed by atoms with Crippen LogP contribution < -0.4 is 0 Å². The Labute approximate surface area is 175 Å². The van der Waals surface area contributed by atoms with E-state index < -0.39 is 0 Å². The van der Waals surface area contributed by atoms with Crippen LogP contribution in [0.1, 0.15) is 0 Å². The minimum absolute atomic E-state index is 0.711. The minimum atomic E-state index is 0.711. The fourth-order valence-corrected chi connectivity index (χ4v) is 4.34. The molecule has 0 unspecified atom stereocenters. The highest BCUT2D eigenvalue weighted by Crippen LogP contribution is 2.31. The van der Waals surface area contributed by atoms with Crippen LogP contribution in [0.25, 0.3) is 60.8 Å². The molecule has 0 radical (unpaired) electrons. The van der Waals surface area contributed by atoms with Gasteiger partial charge in [-0.15, -0.1) is 0 Å². The summed E-state index contributed by atoms with van der Waals surface area (Å²) in [5, 5.41) is 2.45. The summed E-state index contributed by atoms with van der Waals surface area (Å²) in [6.45, 7) is 0. The monoisotopic (exact) mass is 398 g/mol. The molecular weight excluding hydrogens is 384 g/mol. The topological polar surface area (TPSA) is 68.9 Å². The summed E-state index contributed by atoms with van der Waals surface area (Å²) in [6, 6.07) is 21.3. The summed E-state index contributed by atoms with van der Waals surface area (Å²) < 4.78 is 2.03. The van der Waals surface area contributed by atoms with E-state index in [1.54, 1.807) is 24.8 Å². The van der Waals surface area contributed by atoms with Crippen molar-refractivity contribution in [2.75, 3.05) is 0 Å². The van der Waals surface area contributed by atoms with Crippen molar-refractivity contribution in [3.63, 3.8) is 0 Å². The molecule has 0 atom stereocenters. The van der Waals surface area contributed by atoms with E-state index in [9.17, 15) is 0 Å². The predicted octanol–water partition coefficient (Wildman–Crippen LogP) is 5.19. The Morgan fingerprint density at radius 3 is 2.10 bits per heavy atom. The number of imidazole rings is 1. The van der Waals surface area contributed by atoms with E-state index in [0.717, 1.165) is 44.5 Å². The van der Waals surface area contributed by atoms with Crippen molar-refractivity contribution in [1.82, 2.24) is 29.3 Å². The Kier molecular flexibility index (Phi) is 3.18. The highest BCUT2D eigenvalue weighted by molar-refractivity contribution is 6.07. The van der Waals surface area contributed by atoms with E-state index in [1.165, 1.54) is 10.8 Å². The molecule has 0 amide bonds. The van der Waals surface area contributed by atoms with Crippen molar-refractivity contribution in [3.05, 3.63) is 85.5 Å². The molecule has 4 heterocycles. The third-order valence-electron chi connectivity index (χ3n) is 5.76. The molecule has 6 heteroatoms. The third-order valence-corrected chi connectivity index (χ3v) is 5.76. The molecule has 0 bridgehead atoms. The molecule has 0 fully saturated rings. The number of pyridine rings is 1. The summed E-state index contributed by atoms with van der Waals surface area (Å²) >= 11 is 0. The van der Waals surface area contributed by atoms with Crippen LogP contribution in [0, 0.1) is 0 Å². The van der Waals surface area contributed by atoms with Crippen LogP contribution >= 0.6 is 0 Å². The fourth-order valence-electron chi connectivity index (χ4n) is 4.34. The second-order valence-electron chi connectivity index (χ2n) is 7.52. The quantitative estimate of drug-likeness (QED) is 0.356. The van der Waals surface area contributed by atoms with E-state index in [2.05, 4.69) is 80.6 Å². The Bertz CT molecular complexity index is 1800. The zero-order valence-corrected chi connectivity index (χ0v) is 16.3. The Hall–Kier alpha value is -4.45. The molecule has 7 rings (SSSR count). The lowest BCUT2D eigenvalue weighted by atomic mass is 10.0. The first-order valence-electron chi connectivity index (χ1n) is 10.0. The number of nitrogens with zero attached hydrogens (tertiary/aromatic N) is 6. The first kappa shape index (κ1) is 16.4. The predicted molar refractivity (Wildman–Crippen MR) is 122 cm³/mol. The van der Waals surface area contributed by atoms with Gasteiger partial charge in [-0.2, -0.15) is 0 Å². The smallest absolute Gasteiger partial charge is 0.167 e. The molecule has 6 nitrogen and oxygen atoms in total. The molecule has 3 aromatic carbocycles. The molecule has 0 aliphatic heterocycles. The van der Waals surface area contributed by atoms with Crippen molar-refractivity contribution in [1.29, 1.82) is 0 Å². The highest BCUT2D eigenvalue weighted by Gasteiger charge is 2.17. The van der Waals surface area contributed by atoms with Gasteiger partial charge >= 0.3 is 0 Å². The average Bonchev–Trinajstić information content (AvgIpc) is 3.23. The van der Waals surface area contributed by atoms with Crippen molar-refractivity contribution in [3.8, 4) is 11.1 Å². The first-order valence-corrected chi connectivity index (χ1v) is 10.0. The number of fused-ring (bicyclic) bond motifs is 9. The standard InChI is InChI=1S/C25H14N6/c1-2-4-16-13-17(6-5-15(16)3-1)18-7-8-20-19(14-18)30-25-23-21(26-9-10-28-23)22-24(31(20)25)29-12-11-27-22/h1-14H. The van der Waals surface area contributed by atoms with Crippen molar-refractivity contribution < 1.29 is 0 Å². The van der Waals surface area contributed by atoms with Crippen LogP contribution in [0.4, 0.5) is 0 Å². The van der Waals surface area contributed by atoms with Gasteiger partial charge < -0.3 is 0 Å². The zero-order chi connectivity index (χ0) is 20.4. The van der Waals surface area contributed by atoms with E-state index in [1.807, 2.05) is 4.40 Å². The van der Waals surface area contributed by atoms with E-state index in [4.69, 9.17) is 4.98 Å². The van der Waals surface area contributed by atoms with Crippen LogP contribution in [-0.2, 0) is 0 Å². The molecule has 0 N–H and O–H groups in total. The van der Waals surface area contributed by atoms with Crippen LogP contribution in [0.2, 0.25) is 0 Å². The zero-order valence-electron chi connectivity index (χ0n) is 16.3. The summed E-state index contributed by atoms with van der Waals surface area (Å²) in [5.41, 5.74) is 7.75. The number of rotatable bonds is 1. The molecule has 31 heavy (non-hydrogen) atoms. The lowest BCUT2D eigenvalue weighted by molar-refractivity contribution is 1.17. The molecule has 0 aliphatic carbocycles. The maximum atomic E-state index is 4.93.